The Bertz CT molecular complexity index is 969. The van der Waals surface area contributed by atoms with Gasteiger partial charge < -0.3 is 21.7 Å². The Morgan fingerprint density at radius 1 is 0.741 bits per heavy atom. The van der Waals surface area contributed by atoms with Gasteiger partial charge in [-0.15, -0.1) is 11.3 Å². The van der Waals surface area contributed by atoms with Crippen LogP contribution in [-0.4, -0.2) is 17.8 Å². The Morgan fingerprint density at radius 2 is 1.41 bits per heavy atom. The summed E-state index contributed by atoms with van der Waals surface area (Å²) in [7, 11) is 0. The molecule has 0 saturated carbocycles. The van der Waals surface area contributed by atoms with Crippen molar-refractivity contribution < 1.29 is 14.4 Å². The highest BCUT2D eigenvalue weighted by atomic mass is 32.1. The van der Waals surface area contributed by atoms with E-state index >= 15 is 0 Å². The number of nitrogens with one attached hydrogen (secondary N) is 3. The zero-order valence-corrected chi connectivity index (χ0v) is 14.9. The second-order valence-corrected chi connectivity index (χ2v) is 6.45. The molecule has 5 N–H and O–H groups in total. The average Bonchev–Trinajstić information content (AvgIpc) is 3.18. The van der Waals surface area contributed by atoms with E-state index in [1.54, 1.807) is 60.7 Å². The number of primary amides is 1. The molecule has 0 bridgehead atoms. The van der Waals surface area contributed by atoms with Crippen LogP contribution in [-0.2, 0) is 0 Å². The maximum absolute atomic E-state index is 12.6. The average molecular weight is 380 g/mol. The summed E-state index contributed by atoms with van der Waals surface area (Å²) in [5, 5.41) is 9.77. The Hall–Kier alpha value is -3.65. The number of benzene rings is 2. The van der Waals surface area contributed by atoms with Gasteiger partial charge in [-0.25, -0.2) is 4.79 Å². The molecule has 3 rings (SSSR count). The van der Waals surface area contributed by atoms with Gasteiger partial charge in [0.2, 0.25) is 0 Å². The first kappa shape index (κ1) is 18.2. The monoisotopic (exact) mass is 380 g/mol. The Morgan fingerprint density at radius 3 is 2.04 bits per heavy atom. The fourth-order valence-corrected chi connectivity index (χ4v) is 2.98. The number of hydrogen-bond acceptors (Lipinski definition) is 4. The molecule has 0 spiro atoms. The molecule has 0 unspecified atom stereocenters. The summed E-state index contributed by atoms with van der Waals surface area (Å²) in [4.78, 5) is 36.3. The highest BCUT2D eigenvalue weighted by Gasteiger charge is 2.14. The molecule has 1 aromatic heterocycles. The third-order valence-electron chi connectivity index (χ3n) is 3.58. The molecular weight excluding hydrogens is 364 g/mol. The second kappa shape index (κ2) is 8.15. The molecule has 0 aliphatic heterocycles. The molecule has 4 amide bonds. The summed E-state index contributed by atoms with van der Waals surface area (Å²) >= 11 is 1.32. The van der Waals surface area contributed by atoms with E-state index in [0.29, 0.717) is 27.5 Å². The van der Waals surface area contributed by atoms with E-state index in [0.717, 1.165) is 0 Å². The molecule has 0 aliphatic carbocycles. The number of carbonyl (C=O) groups is 3. The number of nitrogens with two attached hydrogens (primary N) is 1. The number of para-hydroxylation sites is 1. The van der Waals surface area contributed by atoms with E-state index in [-0.39, 0.29) is 11.8 Å². The molecule has 1 heterocycles. The highest BCUT2D eigenvalue weighted by molar-refractivity contribution is 7.12. The zero-order chi connectivity index (χ0) is 19.2. The van der Waals surface area contributed by atoms with E-state index in [9.17, 15) is 14.4 Å². The fourth-order valence-electron chi connectivity index (χ4n) is 2.36. The smallest absolute Gasteiger partial charge is 0.316 e. The molecule has 3 aromatic rings. The normalized spacial score (nSPS) is 10.1. The van der Waals surface area contributed by atoms with Crippen LogP contribution in [0.15, 0.2) is 66.0 Å². The Kier molecular flexibility index (Phi) is 5.48. The third kappa shape index (κ3) is 4.71. The largest absolute Gasteiger partial charge is 0.351 e. The maximum Gasteiger partial charge on any atom is 0.316 e. The minimum Gasteiger partial charge on any atom is -0.351 e. The number of amides is 4. The molecular formula is C19H16N4O3S. The number of rotatable bonds is 5. The van der Waals surface area contributed by atoms with Crippen LogP contribution in [0.2, 0.25) is 0 Å². The van der Waals surface area contributed by atoms with E-state index in [1.165, 1.54) is 11.3 Å². The minimum absolute atomic E-state index is 0.271. The topological polar surface area (TPSA) is 113 Å². The van der Waals surface area contributed by atoms with Crippen LogP contribution in [0, 0.1) is 0 Å². The zero-order valence-electron chi connectivity index (χ0n) is 14.1. The van der Waals surface area contributed by atoms with Crippen molar-refractivity contribution in [1.82, 2.24) is 0 Å². The van der Waals surface area contributed by atoms with Gasteiger partial charge >= 0.3 is 6.03 Å². The van der Waals surface area contributed by atoms with Crippen LogP contribution >= 0.6 is 11.3 Å². The molecule has 8 heteroatoms. The molecule has 0 aliphatic rings. The van der Waals surface area contributed by atoms with Crippen LogP contribution in [0.5, 0.6) is 0 Å². The first-order valence-electron chi connectivity index (χ1n) is 7.94. The molecule has 0 atom stereocenters. The predicted octanol–water partition coefficient (Wildman–Crippen LogP) is 3.74. The third-order valence-corrected chi connectivity index (χ3v) is 4.44. The van der Waals surface area contributed by atoms with Crippen molar-refractivity contribution in [3.8, 4) is 0 Å². The van der Waals surface area contributed by atoms with Crippen LogP contribution in [0.1, 0.15) is 20.0 Å². The van der Waals surface area contributed by atoms with Gasteiger partial charge in [0.25, 0.3) is 11.8 Å². The summed E-state index contributed by atoms with van der Waals surface area (Å²) < 4.78 is 0. The fraction of sp³-hybridized carbons (Fsp3) is 0. The minimum atomic E-state index is -0.665. The molecule has 0 fully saturated rings. The summed E-state index contributed by atoms with van der Waals surface area (Å²) in [5.74, 6) is -0.639. The standard InChI is InChI=1S/C19H16N4O3S/c20-19(26)22-13-9-7-12(8-10-13)21-17(24)14-4-1-2-5-15(14)23-18(25)16-6-3-11-27-16/h1-11H,(H,21,24)(H,23,25)(H3,20,22,26). The lowest BCUT2D eigenvalue weighted by Crippen LogP contribution is -2.19. The van der Waals surface area contributed by atoms with E-state index in [4.69, 9.17) is 5.73 Å². The molecule has 27 heavy (non-hydrogen) atoms. The summed E-state index contributed by atoms with van der Waals surface area (Å²) in [5.41, 5.74) is 6.86. The van der Waals surface area contributed by atoms with Crippen molar-refractivity contribution in [1.29, 1.82) is 0 Å². The van der Waals surface area contributed by atoms with Gasteiger partial charge in [-0.2, -0.15) is 0 Å². The lowest BCUT2D eigenvalue weighted by molar-refractivity contribution is 0.102. The number of anilines is 3. The number of urea groups is 1. The van der Waals surface area contributed by atoms with Gasteiger partial charge in [0.05, 0.1) is 16.1 Å². The summed E-state index contributed by atoms with van der Waals surface area (Å²) in [6.45, 7) is 0. The molecule has 2 aromatic carbocycles. The van der Waals surface area contributed by atoms with Crippen molar-refractivity contribution in [2.75, 3.05) is 16.0 Å². The van der Waals surface area contributed by atoms with Crippen LogP contribution in [0.25, 0.3) is 0 Å². The number of hydrogen-bond donors (Lipinski definition) is 4. The van der Waals surface area contributed by atoms with E-state index in [2.05, 4.69) is 16.0 Å². The predicted molar refractivity (Wildman–Crippen MR) is 106 cm³/mol. The van der Waals surface area contributed by atoms with Crippen LogP contribution < -0.4 is 21.7 Å². The van der Waals surface area contributed by atoms with Gasteiger partial charge in [-0.05, 0) is 47.8 Å². The van der Waals surface area contributed by atoms with Gasteiger partial charge in [0, 0.05) is 11.4 Å². The van der Waals surface area contributed by atoms with Crippen LogP contribution in [0.3, 0.4) is 0 Å². The van der Waals surface area contributed by atoms with Gasteiger partial charge in [0.1, 0.15) is 0 Å². The van der Waals surface area contributed by atoms with E-state index < -0.39 is 6.03 Å². The Balaban J connectivity index is 1.73. The lowest BCUT2D eigenvalue weighted by atomic mass is 10.1. The maximum atomic E-state index is 12.6. The van der Waals surface area contributed by atoms with Crippen LogP contribution in [0.4, 0.5) is 21.9 Å². The van der Waals surface area contributed by atoms with Crippen molar-refractivity contribution in [3.63, 3.8) is 0 Å². The highest BCUT2D eigenvalue weighted by Crippen LogP contribution is 2.20. The second-order valence-electron chi connectivity index (χ2n) is 5.50. The molecule has 0 radical (unpaired) electrons. The van der Waals surface area contributed by atoms with E-state index in [1.807, 2.05) is 5.38 Å². The lowest BCUT2D eigenvalue weighted by Gasteiger charge is -2.11. The van der Waals surface area contributed by atoms with Gasteiger partial charge in [-0.1, -0.05) is 18.2 Å². The van der Waals surface area contributed by atoms with Gasteiger partial charge in [0.15, 0.2) is 0 Å². The SMILES string of the molecule is NC(=O)Nc1ccc(NC(=O)c2ccccc2NC(=O)c2cccs2)cc1. The quantitative estimate of drug-likeness (QED) is 0.540. The van der Waals surface area contributed by atoms with Gasteiger partial charge in [-0.3, -0.25) is 9.59 Å². The van der Waals surface area contributed by atoms with Crippen molar-refractivity contribution >= 4 is 46.2 Å². The number of carbonyl (C=O) groups excluding carboxylic acids is 3. The molecule has 136 valence electrons. The summed E-state index contributed by atoms with van der Waals surface area (Å²) in [6.07, 6.45) is 0. The molecule has 0 saturated heterocycles. The summed E-state index contributed by atoms with van der Waals surface area (Å²) in [6, 6.07) is 16.1. The van der Waals surface area contributed by atoms with Crippen molar-refractivity contribution in [3.05, 3.63) is 76.5 Å². The van der Waals surface area contributed by atoms with Crippen molar-refractivity contribution in [2.45, 2.75) is 0 Å². The Labute approximate surface area is 159 Å². The van der Waals surface area contributed by atoms with Crippen molar-refractivity contribution in [2.24, 2.45) is 5.73 Å². The first-order chi connectivity index (χ1) is 13.0. The molecule has 7 nitrogen and oxygen atoms in total. The first-order valence-corrected chi connectivity index (χ1v) is 8.82. The number of thiophene rings is 1.